The quantitative estimate of drug-likeness (QED) is 0.333. The lowest BCUT2D eigenvalue weighted by Gasteiger charge is -2.18. The zero-order valence-corrected chi connectivity index (χ0v) is 16.7. The molecule has 2 aromatic rings. The Kier molecular flexibility index (Phi) is 5.79. The van der Waals surface area contributed by atoms with Crippen molar-refractivity contribution in [2.45, 2.75) is 15.8 Å². The molecule has 1 aliphatic heterocycles. The molecule has 1 amide bonds. The molecule has 31 heavy (non-hydrogen) atoms. The molecule has 1 unspecified atom stereocenters. The fourth-order valence-corrected chi connectivity index (χ4v) is 3.48. The highest BCUT2D eigenvalue weighted by molar-refractivity contribution is 7.86. The average Bonchev–Trinajstić information content (AvgIpc) is 3.02. The van der Waals surface area contributed by atoms with Crippen molar-refractivity contribution < 1.29 is 40.6 Å². The van der Waals surface area contributed by atoms with Gasteiger partial charge in [0.2, 0.25) is 0 Å². The first-order chi connectivity index (χ1) is 14.4. The number of nitrogens with one attached hydrogen (secondary N) is 2. The van der Waals surface area contributed by atoms with Gasteiger partial charge < -0.3 is 24.4 Å². The van der Waals surface area contributed by atoms with Crippen LogP contribution in [0.15, 0.2) is 63.4 Å². The van der Waals surface area contributed by atoms with Crippen LogP contribution in [0.5, 0.6) is 0 Å². The molecule has 0 fully saturated rings. The predicted octanol–water partition coefficient (Wildman–Crippen LogP) is -2.07. The molecule has 1 aliphatic rings. The molecule has 13 nitrogen and oxygen atoms in total. The summed E-state index contributed by atoms with van der Waals surface area (Å²) in [5.41, 5.74) is 4.39. The fraction of sp³-hybridized carbons (Fsp3) is 0.0625. The third-order valence-corrected chi connectivity index (χ3v) is 5.72. The van der Waals surface area contributed by atoms with Gasteiger partial charge in [-0.05, 0) is 48.5 Å². The maximum absolute atomic E-state index is 12.6. The normalized spacial score (nSPS) is 16.8. The van der Waals surface area contributed by atoms with Crippen LogP contribution >= 0.6 is 0 Å². The van der Waals surface area contributed by atoms with Gasteiger partial charge >= 0.3 is 0 Å². The summed E-state index contributed by atoms with van der Waals surface area (Å²) in [6.45, 7) is 0. The molecule has 2 aromatic carbocycles. The molecule has 0 aliphatic carbocycles. The molecule has 0 saturated carbocycles. The van der Waals surface area contributed by atoms with Gasteiger partial charge in [0.25, 0.3) is 5.91 Å². The van der Waals surface area contributed by atoms with Crippen LogP contribution in [-0.2, 0) is 29.8 Å². The van der Waals surface area contributed by atoms with Crippen molar-refractivity contribution in [1.29, 1.82) is 0 Å². The first kappa shape index (κ1) is 22.3. The van der Waals surface area contributed by atoms with E-state index in [9.17, 15) is 40.6 Å². The molecule has 2 N–H and O–H groups in total. The highest BCUT2D eigenvalue weighted by Crippen LogP contribution is 2.23. The number of aliphatic carboxylic acids is 1. The maximum atomic E-state index is 12.6. The standard InChI is InChI=1S/C16H14N4O9S2/c21-15-13(18-17-9-1-5-11(6-2-9)30(24,25)26)14(16(22)23)19-20(15)10-3-7-12(8-4-10)31(27,28)29/h1-8,13,17-18H,(H,22,23)(H,24,25,26)(H,27,28,29)/p-3. The van der Waals surface area contributed by atoms with Crippen molar-refractivity contribution in [2.75, 3.05) is 10.4 Å². The molecule has 0 bridgehead atoms. The Morgan fingerprint density at radius 1 is 0.903 bits per heavy atom. The smallest absolute Gasteiger partial charge is 0.272 e. The van der Waals surface area contributed by atoms with E-state index in [4.69, 9.17) is 0 Å². The third-order valence-electron chi connectivity index (χ3n) is 4.02. The van der Waals surface area contributed by atoms with Crippen molar-refractivity contribution in [1.82, 2.24) is 5.43 Å². The molecule has 0 spiro atoms. The van der Waals surface area contributed by atoms with Crippen LogP contribution in [0.25, 0.3) is 0 Å². The third kappa shape index (κ3) is 4.86. The second-order valence-electron chi connectivity index (χ2n) is 6.05. The SMILES string of the molecule is O=C([O-])C1=NN(c2ccc(S(=O)(=O)[O-])cc2)C(=O)C1NNc1ccc(S(=O)(=O)[O-])cc1. The number of hydrogen-bond acceptors (Lipinski definition) is 12. The summed E-state index contributed by atoms with van der Waals surface area (Å²) in [4.78, 5) is 23.0. The molecule has 1 heterocycles. The van der Waals surface area contributed by atoms with Gasteiger partial charge in [0.15, 0.2) is 6.04 Å². The average molecular weight is 467 g/mol. The van der Waals surface area contributed by atoms with Crippen LogP contribution in [0.1, 0.15) is 0 Å². The van der Waals surface area contributed by atoms with Crippen LogP contribution in [0.3, 0.4) is 0 Å². The summed E-state index contributed by atoms with van der Waals surface area (Å²) in [7, 11) is -9.37. The number of amides is 1. The number of hydrazine groups is 1. The summed E-state index contributed by atoms with van der Waals surface area (Å²) in [5, 5.41) is 15.7. The molecule has 164 valence electrons. The summed E-state index contributed by atoms with van der Waals surface area (Å²) < 4.78 is 65.8. The van der Waals surface area contributed by atoms with Crippen molar-refractivity contribution in [3.05, 3.63) is 48.5 Å². The second kappa shape index (κ2) is 8.05. The lowest BCUT2D eigenvalue weighted by atomic mass is 10.2. The van der Waals surface area contributed by atoms with Crippen molar-refractivity contribution in [2.24, 2.45) is 5.10 Å². The monoisotopic (exact) mass is 467 g/mol. The van der Waals surface area contributed by atoms with E-state index in [0.29, 0.717) is 5.01 Å². The van der Waals surface area contributed by atoms with Gasteiger partial charge in [0.05, 0.1) is 21.4 Å². The first-order valence-electron chi connectivity index (χ1n) is 8.15. The van der Waals surface area contributed by atoms with Crippen LogP contribution < -0.4 is 21.0 Å². The van der Waals surface area contributed by atoms with E-state index in [1.165, 1.54) is 12.1 Å². The summed E-state index contributed by atoms with van der Waals surface area (Å²) >= 11 is 0. The number of benzene rings is 2. The fourth-order valence-electron chi connectivity index (χ4n) is 2.54. The molecule has 0 saturated heterocycles. The summed E-state index contributed by atoms with van der Waals surface area (Å²) in [5.74, 6) is -2.63. The molecular weight excluding hydrogens is 456 g/mol. The highest BCUT2D eigenvalue weighted by atomic mass is 32.2. The summed E-state index contributed by atoms with van der Waals surface area (Å²) in [6, 6.07) is 6.94. The van der Waals surface area contributed by atoms with Crippen LogP contribution in [-0.4, -0.2) is 49.6 Å². The minimum absolute atomic E-state index is 0.00884. The minimum Gasteiger partial charge on any atom is -0.744 e. The van der Waals surface area contributed by atoms with Gasteiger partial charge in [-0.1, -0.05) is 0 Å². The van der Waals surface area contributed by atoms with Gasteiger partial charge in [-0.15, -0.1) is 0 Å². The zero-order chi connectivity index (χ0) is 23.0. The lowest BCUT2D eigenvalue weighted by Crippen LogP contribution is -2.51. The minimum atomic E-state index is -4.72. The topological polar surface area (TPSA) is 211 Å². The number of rotatable bonds is 7. The molecule has 15 heteroatoms. The molecule has 3 rings (SSSR count). The molecule has 1 atom stereocenters. The number of nitrogens with zero attached hydrogens (tertiary/aromatic N) is 2. The van der Waals surface area contributed by atoms with E-state index in [2.05, 4.69) is 16.0 Å². The van der Waals surface area contributed by atoms with Crippen LogP contribution in [0.4, 0.5) is 11.4 Å². The molecule has 0 aromatic heterocycles. The highest BCUT2D eigenvalue weighted by Gasteiger charge is 2.37. The van der Waals surface area contributed by atoms with Gasteiger partial charge in [0, 0.05) is 5.69 Å². The number of carboxylic acid groups (broad SMARTS) is 1. The van der Waals surface area contributed by atoms with Gasteiger partial charge in [-0.2, -0.15) is 10.1 Å². The van der Waals surface area contributed by atoms with Crippen LogP contribution in [0, 0.1) is 0 Å². The summed E-state index contributed by atoms with van der Waals surface area (Å²) in [6.07, 6.45) is 0. The van der Waals surface area contributed by atoms with Gasteiger partial charge in [-0.3, -0.25) is 4.79 Å². The van der Waals surface area contributed by atoms with E-state index < -0.39 is 53.7 Å². The maximum Gasteiger partial charge on any atom is 0.272 e. The Morgan fingerprint density at radius 2 is 1.39 bits per heavy atom. The Balaban J connectivity index is 1.79. The molecular formula is C16H11N4O9S2-3. The van der Waals surface area contributed by atoms with E-state index in [0.717, 1.165) is 36.4 Å². The van der Waals surface area contributed by atoms with Crippen molar-refractivity contribution >= 4 is 49.2 Å². The lowest BCUT2D eigenvalue weighted by molar-refractivity contribution is -0.294. The van der Waals surface area contributed by atoms with E-state index in [1.807, 2.05) is 0 Å². The number of carbonyl (C=O) groups is 2. The number of hydrazone groups is 1. The largest absolute Gasteiger partial charge is 0.744 e. The Labute approximate surface area is 175 Å². The predicted molar refractivity (Wildman–Crippen MR) is 99.3 cm³/mol. The Morgan fingerprint density at radius 3 is 1.84 bits per heavy atom. The van der Waals surface area contributed by atoms with Crippen molar-refractivity contribution in [3.8, 4) is 0 Å². The zero-order valence-electron chi connectivity index (χ0n) is 15.1. The van der Waals surface area contributed by atoms with Crippen LogP contribution in [0.2, 0.25) is 0 Å². The number of anilines is 2. The van der Waals surface area contributed by atoms with Gasteiger partial charge in [-0.25, -0.2) is 22.3 Å². The number of carboxylic acids is 1. The second-order valence-corrected chi connectivity index (χ2v) is 8.81. The Hall–Kier alpha value is -3.37. The molecule has 0 radical (unpaired) electrons. The van der Waals surface area contributed by atoms with E-state index in [-0.39, 0.29) is 11.4 Å². The number of carbonyl (C=O) groups excluding carboxylic acids is 2. The van der Waals surface area contributed by atoms with E-state index >= 15 is 0 Å². The Bertz CT molecular complexity index is 1270. The van der Waals surface area contributed by atoms with Gasteiger partial charge in [0.1, 0.15) is 25.9 Å². The first-order valence-corrected chi connectivity index (χ1v) is 11.0. The van der Waals surface area contributed by atoms with Crippen molar-refractivity contribution in [3.63, 3.8) is 0 Å². The number of hydrogen-bond donors (Lipinski definition) is 2. The van der Waals surface area contributed by atoms with E-state index in [1.54, 1.807) is 0 Å².